The number of rotatable bonds is 2. The molecule has 0 fully saturated rings. The minimum Gasteiger partial charge on any atom is -0.355 e. The maximum atomic E-state index is 3.95. The van der Waals surface area contributed by atoms with E-state index in [2.05, 4.69) is 35.9 Å². The SMILES string of the molecule is CCn1cccc1.CCn1cccn1. The van der Waals surface area contributed by atoms with Crippen LogP contribution in [-0.4, -0.2) is 14.3 Å². The van der Waals surface area contributed by atoms with Gasteiger partial charge in [-0.2, -0.15) is 5.10 Å². The van der Waals surface area contributed by atoms with Crippen LogP contribution in [0.4, 0.5) is 0 Å². The summed E-state index contributed by atoms with van der Waals surface area (Å²) in [6.45, 7) is 6.23. The van der Waals surface area contributed by atoms with Gasteiger partial charge in [-0.25, -0.2) is 0 Å². The molecule has 76 valence electrons. The predicted octanol–water partition coefficient (Wildman–Crippen LogP) is 2.41. The van der Waals surface area contributed by atoms with Crippen LogP contribution in [0.2, 0.25) is 0 Å². The molecule has 2 heterocycles. The van der Waals surface area contributed by atoms with Gasteiger partial charge in [0.15, 0.2) is 0 Å². The highest BCUT2D eigenvalue weighted by molar-refractivity contribution is 4.89. The number of aromatic nitrogens is 3. The molecule has 0 aliphatic rings. The molecular formula is C11H17N3. The summed E-state index contributed by atoms with van der Waals surface area (Å²) in [7, 11) is 0. The van der Waals surface area contributed by atoms with Crippen molar-refractivity contribution in [2.75, 3.05) is 0 Å². The van der Waals surface area contributed by atoms with E-state index in [0.717, 1.165) is 13.1 Å². The molecule has 0 radical (unpaired) electrons. The van der Waals surface area contributed by atoms with Gasteiger partial charge in [-0.15, -0.1) is 0 Å². The highest BCUT2D eigenvalue weighted by atomic mass is 15.2. The van der Waals surface area contributed by atoms with Crippen molar-refractivity contribution in [3.8, 4) is 0 Å². The summed E-state index contributed by atoms with van der Waals surface area (Å²) >= 11 is 0. The maximum Gasteiger partial charge on any atom is 0.0489 e. The fourth-order valence-electron chi connectivity index (χ4n) is 1.07. The topological polar surface area (TPSA) is 22.8 Å². The first-order valence-corrected chi connectivity index (χ1v) is 4.95. The van der Waals surface area contributed by atoms with Gasteiger partial charge < -0.3 is 4.57 Å². The third kappa shape index (κ3) is 3.47. The fraction of sp³-hybridized carbons (Fsp3) is 0.364. The van der Waals surface area contributed by atoms with Crippen LogP contribution in [0.15, 0.2) is 43.0 Å². The van der Waals surface area contributed by atoms with E-state index in [-0.39, 0.29) is 0 Å². The molecule has 0 atom stereocenters. The van der Waals surface area contributed by atoms with Gasteiger partial charge in [0.1, 0.15) is 0 Å². The van der Waals surface area contributed by atoms with Crippen LogP contribution in [-0.2, 0) is 13.1 Å². The van der Waals surface area contributed by atoms with Crippen LogP contribution < -0.4 is 0 Å². The van der Waals surface area contributed by atoms with Gasteiger partial charge in [-0.3, -0.25) is 4.68 Å². The molecule has 0 saturated heterocycles. The zero-order chi connectivity index (χ0) is 10.2. The summed E-state index contributed by atoms with van der Waals surface area (Å²) in [4.78, 5) is 0. The van der Waals surface area contributed by atoms with E-state index < -0.39 is 0 Å². The van der Waals surface area contributed by atoms with Gasteiger partial charge in [-0.1, -0.05) is 0 Å². The number of hydrogen-bond donors (Lipinski definition) is 0. The smallest absolute Gasteiger partial charge is 0.0489 e. The van der Waals surface area contributed by atoms with E-state index in [0.29, 0.717) is 0 Å². The van der Waals surface area contributed by atoms with Crippen molar-refractivity contribution in [1.29, 1.82) is 0 Å². The molecule has 0 unspecified atom stereocenters. The van der Waals surface area contributed by atoms with E-state index in [1.807, 2.05) is 29.1 Å². The molecule has 0 saturated carbocycles. The normalized spacial score (nSPS) is 9.29. The van der Waals surface area contributed by atoms with Crippen LogP contribution in [0.1, 0.15) is 13.8 Å². The Hall–Kier alpha value is -1.51. The Morgan fingerprint density at radius 3 is 1.93 bits per heavy atom. The first-order valence-electron chi connectivity index (χ1n) is 4.95. The van der Waals surface area contributed by atoms with E-state index >= 15 is 0 Å². The molecule has 2 aromatic rings. The van der Waals surface area contributed by atoms with Gasteiger partial charge in [0.05, 0.1) is 0 Å². The summed E-state index contributed by atoms with van der Waals surface area (Å²) in [6, 6.07) is 5.98. The molecule has 0 amide bonds. The van der Waals surface area contributed by atoms with E-state index in [1.165, 1.54) is 0 Å². The number of aryl methyl sites for hydroxylation is 2. The second-order valence-electron chi connectivity index (χ2n) is 2.88. The lowest BCUT2D eigenvalue weighted by atomic mass is 10.7. The Kier molecular flexibility index (Phi) is 4.55. The van der Waals surface area contributed by atoms with Crippen molar-refractivity contribution < 1.29 is 0 Å². The monoisotopic (exact) mass is 191 g/mol. The van der Waals surface area contributed by atoms with Crippen molar-refractivity contribution in [1.82, 2.24) is 14.3 Å². The molecule has 0 spiro atoms. The first kappa shape index (κ1) is 10.6. The van der Waals surface area contributed by atoms with Crippen LogP contribution in [0.3, 0.4) is 0 Å². The summed E-state index contributed by atoms with van der Waals surface area (Å²) in [5.74, 6) is 0. The maximum absolute atomic E-state index is 3.95. The standard InChI is InChI=1S/C6H9N.C5H8N2/c2*1-2-7-5-3-4-6-7/h3-6H,2H2,1H3;3-5H,2H2,1H3. The van der Waals surface area contributed by atoms with Gasteiger partial charge in [0, 0.05) is 37.9 Å². The second kappa shape index (κ2) is 6.02. The van der Waals surface area contributed by atoms with Gasteiger partial charge in [-0.05, 0) is 32.0 Å². The van der Waals surface area contributed by atoms with Gasteiger partial charge in [0.25, 0.3) is 0 Å². The molecule has 2 rings (SSSR count). The van der Waals surface area contributed by atoms with Gasteiger partial charge in [0.2, 0.25) is 0 Å². The van der Waals surface area contributed by atoms with Crippen LogP contribution in [0.5, 0.6) is 0 Å². The molecule has 0 N–H and O–H groups in total. The third-order valence-electron chi connectivity index (χ3n) is 1.91. The second-order valence-corrected chi connectivity index (χ2v) is 2.88. The molecule has 3 nitrogen and oxygen atoms in total. The molecule has 3 heteroatoms. The Morgan fingerprint density at radius 2 is 1.64 bits per heavy atom. The van der Waals surface area contributed by atoms with E-state index in [4.69, 9.17) is 0 Å². The average molecular weight is 191 g/mol. The van der Waals surface area contributed by atoms with Crippen molar-refractivity contribution in [3.63, 3.8) is 0 Å². The number of hydrogen-bond acceptors (Lipinski definition) is 1. The predicted molar refractivity (Wildman–Crippen MR) is 58.0 cm³/mol. The molecule has 0 bridgehead atoms. The molecular weight excluding hydrogens is 174 g/mol. The lowest BCUT2D eigenvalue weighted by molar-refractivity contribution is 0.660. The molecule has 0 aliphatic carbocycles. The highest BCUT2D eigenvalue weighted by Crippen LogP contribution is 1.86. The van der Waals surface area contributed by atoms with Crippen molar-refractivity contribution in [2.24, 2.45) is 0 Å². The Morgan fingerprint density at radius 1 is 0.929 bits per heavy atom. The Bertz CT molecular complexity index is 274. The third-order valence-corrected chi connectivity index (χ3v) is 1.91. The zero-order valence-electron chi connectivity index (χ0n) is 8.80. The average Bonchev–Trinajstić information content (AvgIpc) is 2.92. The van der Waals surface area contributed by atoms with E-state index in [9.17, 15) is 0 Å². The van der Waals surface area contributed by atoms with Crippen molar-refractivity contribution in [2.45, 2.75) is 26.9 Å². The highest BCUT2D eigenvalue weighted by Gasteiger charge is 1.77. The number of nitrogens with zero attached hydrogens (tertiary/aromatic N) is 3. The summed E-state index contributed by atoms with van der Waals surface area (Å²) in [5.41, 5.74) is 0. The Labute approximate surface area is 85.0 Å². The quantitative estimate of drug-likeness (QED) is 0.714. The molecule has 0 aromatic carbocycles. The lowest BCUT2D eigenvalue weighted by Gasteiger charge is -1.89. The van der Waals surface area contributed by atoms with E-state index in [1.54, 1.807) is 6.20 Å². The molecule has 0 aliphatic heterocycles. The zero-order valence-corrected chi connectivity index (χ0v) is 8.80. The minimum absolute atomic E-state index is 0.965. The van der Waals surface area contributed by atoms with Crippen molar-refractivity contribution in [3.05, 3.63) is 43.0 Å². The largest absolute Gasteiger partial charge is 0.355 e. The fourth-order valence-corrected chi connectivity index (χ4v) is 1.07. The lowest BCUT2D eigenvalue weighted by Crippen LogP contribution is -1.91. The van der Waals surface area contributed by atoms with Gasteiger partial charge >= 0.3 is 0 Å². The first-order chi connectivity index (χ1) is 6.86. The molecule has 2 aromatic heterocycles. The van der Waals surface area contributed by atoms with Crippen molar-refractivity contribution >= 4 is 0 Å². The summed E-state index contributed by atoms with van der Waals surface area (Å²) in [5, 5.41) is 3.95. The van der Waals surface area contributed by atoms with Crippen LogP contribution in [0, 0.1) is 0 Å². The summed E-state index contributed by atoms with van der Waals surface area (Å²) < 4.78 is 4.00. The summed E-state index contributed by atoms with van der Waals surface area (Å²) in [6.07, 6.45) is 7.84. The van der Waals surface area contributed by atoms with Crippen LogP contribution >= 0.6 is 0 Å². The molecule has 14 heavy (non-hydrogen) atoms. The van der Waals surface area contributed by atoms with Crippen LogP contribution in [0.25, 0.3) is 0 Å². The Balaban J connectivity index is 0.000000140. The minimum atomic E-state index is 0.965.